The molecule has 2 amide bonds. The number of benzene rings is 2. The van der Waals surface area contributed by atoms with Gasteiger partial charge in [0, 0.05) is 57.6 Å². The smallest absolute Gasteiger partial charge is 0.224 e. The maximum Gasteiger partial charge on any atom is 0.224 e. The summed E-state index contributed by atoms with van der Waals surface area (Å²) < 4.78 is 11.3. The van der Waals surface area contributed by atoms with Gasteiger partial charge in [-0.25, -0.2) is 0 Å². The zero-order valence-corrected chi connectivity index (χ0v) is 19.5. The summed E-state index contributed by atoms with van der Waals surface area (Å²) in [6, 6.07) is 17.2. The summed E-state index contributed by atoms with van der Waals surface area (Å²) in [7, 11) is 3.40. The molecular formula is C25H31ClN2O4. The average molecular weight is 459 g/mol. The van der Waals surface area contributed by atoms with Gasteiger partial charge in [-0.3, -0.25) is 9.59 Å². The Morgan fingerprint density at radius 3 is 2.66 bits per heavy atom. The van der Waals surface area contributed by atoms with Crippen molar-refractivity contribution in [2.24, 2.45) is 5.92 Å². The van der Waals surface area contributed by atoms with Crippen molar-refractivity contribution in [3.05, 3.63) is 65.2 Å². The first-order chi connectivity index (χ1) is 15.5. The van der Waals surface area contributed by atoms with Gasteiger partial charge in [0.1, 0.15) is 11.9 Å². The Morgan fingerprint density at radius 2 is 1.94 bits per heavy atom. The van der Waals surface area contributed by atoms with Crippen LogP contribution in [0.4, 0.5) is 0 Å². The predicted octanol–water partition coefficient (Wildman–Crippen LogP) is 4.02. The molecule has 1 saturated heterocycles. The van der Waals surface area contributed by atoms with Crippen molar-refractivity contribution in [2.75, 3.05) is 33.9 Å². The minimum Gasteiger partial charge on any atom is -0.490 e. The summed E-state index contributed by atoms with van der Waals surface area (Å²) in [4.78, 5) is 29.2. The van der Waals surface area contributed by atoms with E-state index in [1.54, 1.807) is 24.1 Å². The Hall–Kier alpha value is -2.57. The number of carbonyl (C=O) groups excluding carboxylic acids is 2. The van der Waals surface area contributed by atoms with Crippen molar-refractivity contribution in [2.45, 2.75) is 31.9 Å². The van der Waals surface area contributed by atoms with Crippen molar-refractivity contribution in [3.8, 4) is 5.75 Å². The first-order valence-corrected chi connectivity index (χ1v) is 11.3. The molecular weight excluding hydrogens is 428 g/mol. The monoisotopic (exact) mass is 458 g/mol. The quantitative estimate of drug-likeness (QED) is 0.569. The highest BCUT2D eigenvalue weighted by Gasteiger charge is 2.35. The normalized spacial score (nSPS) is 18.3. The number of rotatable bonds is 9. The molecule has 1 heterocycles. The molecule has 0 aliphatic carbocycles. The molecule has 1 aliphatic heterocycles. The van der Waals surface area contributed by atoms with Crippen LogP contribution in [-0.4, -0.2) is 61.6 Å². The lowest BCUT2D eigenvalue weighted by molar-refractivity contribution is -0.139. The third kappa shape index (κ3) is 6.97. The van der Waals surface area contributed by atoms with Crippen LogP contribution < -0.4 is 4.74 Å². The number of hydrogen-bond donors (Lipinski definition) is 0. The van der Waals surface area contributed by atoms with Crippen LogP contribution in [0.25, 0.3) is 0 Å². The maximum absolute atomic E-state index is 13.0. The van der Waals surface area contributed by atoms with Crippen molar-refractivity contribution in [3.63, 3.8) is 0 Å². The summed E-state index contributed by atoms with van der Waals surface area (Å²) in [5, 5.41) is 0.602. The molecule has 0 bridgehead atoms. The van der Waals surface area contributed by atoms with Gasteiger partial charge in [-0.05, 0) is 23.8 Å². The molecule has 172 valence electrons. The lowest BCUT2D eigenvalue weighted by Gasteiger charge is -2.39. The summed E-state index contributed by atoms with van der Waals surface area (Å²) in [5.41, 5.74) is 1.08. The van der Waals surface area contributed by atoms with Crippen LogP contribution >= 0.6 is 11.6 Å². The van der Waals surface area contributed by atoms with E-state index < -0.39 is 0 Å². The second kappa shape index (κ2) is 11.9. The molecule has 6 nitrogen and oxygen atoms in total. The Kier molecular flexibility index (Phi) is 8.94. The van der Waals surface area contributed by atoms with E-state index in [1.807, 2.05) is 54.4 Å². The number of methoxy groups -OCH3 is 1. The second-order valence-corrected chi connectivity index (χ2v) is 8.62. The van der Waals surface area contributed by atoms with E-state index in [2.05, 4.69) is 0 Å². The number of amides is 2. The van der Waals surface area contributed by atoms with E-state index in [1.165, 1.54) is 0 Å². The predicted molar refractivity (Wildman–Crippen MR) is 125 cm³/mol. The van der Waals surface area contributed by atoms with Crippen molar-refractivity contribution < 1.29 is 19.1 Å². The van der Waals surface area contributed by atoms with Crippen molar-refractivity contribution in [1.29, 1.82) is 0 Å². The number of hydrogen-bond acceptors (Lipinski definition) is 4. The fourth-order valence-corrected chi connectivity index (χ4v) is 4.16. The van der Waals surface area contributed by atoms with Gasteiger partial charge >= 0.3 is 0 Å². The molecule has 2 aromatic rings. The lowest BCUT2D eigenvalue weighted by Crippen LogP contribution is -2.49. The summed E-state index contributed by atoms with van der Waals surface area (Å²) in [6.45, 7) is 2.01. The maximum atomic E-state index is 13.0. The van der Waals surface area contributed by atoms with Crippen LogP contribution in [0.1, 0.15) is 24.8 Å². The van der Waals surface area contributed by atoms with Crippen LogP contribution in [0.15, 0.2) is 54.6 Å². The molecule has 0 spiro atoms. The van der Waals surface area contributed by atoms with Crippen LogP contribution in [0, 0.1) is 5.92 Å². The minimum atomic E-state index is -0.172. The third-order valence-electron chi connectivity index (χ3n) is 5.75. The minimum absolute atomic E-state index is 0.0322. The van der Waals surface area contributed by atoms with E-state index in [4.69, 9.17) is 21.1 Å². The summed E-state index contributed by atoms with van der Waals surface area (Å²) in [6.07, 6.45) is 1.13. The highest BCUT2D eigenvalue weighted by atomic mass is 35.5. The molecule has 7 heteroatoms. The molecule has 2 aromatic carbocycles. The van der Waals surface area contributed by atoms with Crippen molar-refractivity contribution >= 4 is 23.4 Å². The highest BCUT2D eigenvalue weighted by Crippen LogP contribution is 2.28. The molecule has 0 aromatic heterocycles. The Morgan fingerprint density at radius 1 is 1.16 bits per heavy atom. The highest BCUT2D eigenvalue weighted by molar-refractivity contribution is 6.30. The largest absolute Gasteiger partial charge is 0.490 e. The van der Waals surface area contributed by atoms with Gasteiger partial charge in [-0.2, -0.15) is 0 Å². The van der Waals surface area contributed by atoms with E-state index >= 15 is 0 Å². The summed E-state index contributed by atoms with van der Waals surface area (Å²) in [5.74, 6) is 0.643. The fraction of sp³-hybridized carbons (Fsp3) is 0.440. The van der Waals surface area contributed by atoms with Crippen LogP contribution in [0.3, 0.4) is 0 Å². The molecule has 3 rings (SSSR count). The van der Waals surface area contributed by atoms with E-state index in [-0.39, 0.29) is 23.8 Å². The molecule has 2 atom stereocenters. The summed E-state index contributed by atoms with van der Waals surface area (Å²) >= 11 is 6.11. The van der Waals surface area contributed by atoms with Gasteiger partial charge in [-0.15, -0.1) is 0 Å². The van der Waals surface area contributed by atoms with Gasteiger partial charge in [0.15, 0.2) is 0 Å². The fourth-order valence-electron chi connectivity index (χ4n) is 3.98. The molecule has 1 fully saturated rings. The molecule has 1 aliphatic rings. The molecule has 0 radical (unpaired) electrons. The topological polar surface area (TPSA) is 59.1 Å². The van der Waals surface area contributed by atoms with Crippen LogP contribution in [0.5, 0.6) is 5.75 Å². The number of halogens is 1. The van der Waals surface area contributed by atoms with Gasteiger partial charge < -0.3 is 19.3 Å². The lowest BCUT2D eigenvalue weighted by atomic mass is 9.90. The zero-order valence-electron chi connectivity index (χ0n) is 18.7. The zero-order chi connectivity index (χ0) is 22.9. The number of likely N-dealkylation sites (tertiary alicyclic amines) is 1. The first-order valence-electron chi connectivity index (χ1n) is 10.9. The van der Waals surface area contributed by atoms with Crippen molar-refractivity contribution in [1.82, 2.24) is 9.80 Å². The number of piperidine rings is 1. The number of carbonyl (C=O) groups is 2. The van der Waals surface area contributed by atoms with Crippen LogP contribution in [0.2, 0.25) is 5.02 Å². The standard InChI is InChI=1S/C25H31ClN2O4/c1-27(17-19-7-4-3-5-8-19)25(30)15-20-18-28(24(29)12-14-31-2)13-11-23(20)32-22-10-6-9-21(26)16-22/h3-10,16,20,23H,11-15,17-18H2,1-2H3/t20-,23-/m0/s1. The molecule has 32 heavy (non-hydrogen) atoms. The van der Waals surface area contributed by atoms with E-state index in [0.29, 0.717) is 56.3 Å². The Balaban J connectivity index is 1.68. The average Bonchev–Trinajstić information content (AvgIpc) is 2.79. The SMILES string of the molecule is COCCC(=O)N1CC[C@H](Oc2cccc(Cl)c2)[C@@H](CC(=O)N(C)Cc2ccccc2)C1. The number of ether oxygens (including phenoxy) is 2. The number of nitrogens with zero attached hydrogens (tertiary/aromatic N) is 2. The molecule has 0 unspecified atom stereocenters. The van der Waals surface area contributed by atoms with E-state index in [0.717, 1.165) is 5.56 Å². The van der Waals surface area contributed by atoms with Gasteiger partial charge in [0.25, 0.3) is 0 Å². The first kappa shape index (κ1) is 24.1. The van der Waals surface area contributed by atoms with Gasteiger partial charge in [0.05, 0.1) is 13.0 Å². The third-order valence-corrected chi connectivity index (χ3v) is 5.98. The second-order valence-electron chi connectivity index (χ2n) is 8.18. The molecule has 0 N–H and O–H groups in total. The van der Waals surface area contributed by atoms with Crippen LogP contribution in [-0.2, 0) is 20.9 Å². The molecule has 0 saturated carbocycles. The van der Waals surface area contributed by atoms with Gasteiger partial charge in [0.2, 0.25) is 11.8 Å². The van der Waals surface area contributed by atoms with E-state index in [9.17, 15) is 9.59 Å². The Labute approximate surface area is 195 Å². The van der Waals surface area contributed by atoms with Gasteiger partial charge in [-0.1, -0.05) is 48.0 Å². The Bertz CT molecular complexity index is 893.